The van der Waals surface area contributed by atoms with Gasteiger partial charge in [-0.05, 0) is 52.7 Å². The number of aliphatic hydroxyl groups excluding tert-OH is 1. The van der Waals surface area contributed by atoms with Gasteiger partial charge in [0.2, 0.25) is 0 Å². The van der Waals surface area contributed by atoms with Crippen LogP contribution in [0.2, 0.25) is 0 Å². The van der Waals surface area contributed by atoms with Crippen LogP contribution in [0.5, 0.6) is 0 Å². The summed E-state index contributed by atoms with van der Waals surface area (Å²) in [7, 11) is 0. The molecule has 2 rings (SSSR count). The van der Waals surface area contributed by atoms with E-state index in [-0.39, 0.29) is 16.9 Å². The van der Waals surface area contributed by atoms with Crippen molar-refractivity contribution < 1.29 is 5.11 Å². The molecule has 1 aliphatic rings. The Bertz CT molecular complexity index is 418. The molecule has 0 radical (unpaired) electrons. The Labute approximate surface area is 122 Å². The van der Waals surface area contributed by atoms with Crippen LogP contribution in [0, 0.1) is 10.8 Å². The van der Waals surface area contributed by atoms with E-state index in [1.54, 1.807) is 11.3 Å². The average Bonchev–Trinajstić information content (AvgIpc) is 2.71. The highest BCUT2D eigenvalue weighted by Gasteiger charge is 2.47. The molecule has 1 aromatic rings. The van der Waals surface area contributed by atoms with Crippen LogP contribution in [-0.4, -0.2) is 17.8 Å². The Hall–Kier alpha value is 0.1000. The summed E-state index contributed by atoms with van der Waals surface area (Å²) >= 11 is 5.25. The fourth-order valence-corrected chi connectivity index (χ4v) is 4.90. The van der Waals surface area contributed by atoms with Gasteiger partial charge < -0.3 is 10.8 Å². The van der Waals surface area contributed by atoms with Gasteiger partial charge in [-0.2, -0.15) is 0 Å². The maximum Gasteiger partial charge on any atom is 0.0701 e. The number of thiophene rings is 1. The average molecular weight is 332 g/mol. The Morgan fingerprint density at radius 3 is 2.72 bits per heavy atom. The van der Waals surface area contributed by atoms with E-state index in [2.05, 4.69) is 41.9 Å². The first-order chi connectivity index (χ1) is 8.39. The Morgan fingerprint density at radius 1 is 1.44 bits per heavy atom. The van der Waals surface area contributed by atoms with E-state index in [0.717, 1.165) is 29.5 Å². The molecule has 1 fully saturated rings. The molecular formula is C14H22BrNOS. The predicted octanol–water partition coefficient (Wildman–Crippen LogP) is 3.57. The van der Waals surface area contributed by atoms with E-state index < -0.39 is 0 Å². The van der Waals surface area contributed by atoms with E-state index >= 15 is 0 Å². The summed E-state index contributed by atoms with van der Waals surface area (Å²) in [5.74, 6) is 0. The van der Waals surface area contributed by atoms with Crippen LogP contribution in [-0.2, 0) is 6.42 Å². The van der Waals surface area contributed by atoms with E-state index in [1.807, 2.05) is 0 Å². The van der Waals surface area contributed by atoms with Crippen LogP contribution in [0.25, 0.3) is 0 Å². The molecule has 2 unspecified atom stereocenters. The first kappa shape index (κ1) is 14.5. The molecule has 1 saturated carbocycles. The van der Waals surface area contributed by atoms with Crippen molar-refractivity contribution in [2.24, 2.45) is 16.6 Å². The topological polar surface area (TPSA) is 46.2 Å². The molecule has 0 aromatic carbocycles. The summed E-state index contributed by atoms with van der Waals surface area (Å²) in [6.07, 6.45) is 3.86. The molecule has 4 heteroatoms. The number of nitrogens with two attached hydrogens (primary N) is 1. The minimum Gasteiger partial charge on any atom is -0.392 e. The minimum absolute atomic E-state index is 0.0217. The normalized spacial score (nSPS) is 31.5. The van der Waals surface area contributed by atoms with E-state index in [4.69, 9.17) is 5.73 Å². The summed E-state index contributed by atoms with van der Waals surface area (Å²) in [6, 6.07) is 4.21. The zero-order chi connectivity index (χ0) is 13.4. The standard InChI is InChI=1S/C14H22BrNOS/c1-13(2)6-3-7-14(9-16,12(13)17)8-10-4-5-11(15)18-10/h4-5,12,17H,3,6-9,16H2,1-2H3. The summed E-state index contributed by atoms with van der Waals surface area (Å²) < 4.78 is 1.15. The molecule has 1 heterocycles. The third-order valence-corrected chi connectivity index (χ3v) is 6.00. The number of hydrogen-bond acceptors (Lipinski definition) is 3. The van der Waals surface area contributed by atoms with Gasteiger partial charge in [-0.25, -0.2) is 0 Å². The monoisotopic (exact) mass is 331 g/mol. The first-order valence-corrected chi connectivity index (χ1v) is 8.13. The molecule has 102 valence electrons. The molecule has 0 saturated heterocycles. The van der Waals surface area contributed by atoms with Gasteiger partial charge in [0.1, 0.15) is 0 Å². The number of hydrogen-bond donors (Lipinski definition) is 2. The van der Waals surface area contributed by atoms with Crippen molar-refractivity contribution in [2.45, 2.75) is 45.6 Å². The number of aliphatic hydroxyl groups is 1. The highest BCUT2D eigenvalue weighted by Crippen LogP contribution is 2.48. The van der Waals surface area contributed by atoms with Crippen molar-refractivity contribution in [1.82, 2.24) is 0 Å². The Balaban J connectivity index is 2.24. The van der Waals surface area contributed by atoms with Gasteiger partial charge in [-0.1, -0.05) is 20.3 Å². The lowest BCUT2D eigenvalue weighted by Gasteiger charge is -2.49. The Morgan fingerprint density at radius 2 is 2.17 bits per heavy atom. The van der Waals surface area contributed by atoms with Crippen LogP contribution >= 0.6 is 27.3 Å². The largest absolute Gasteiger partial charge is 0.392 e. The fraction of sp³-hybridized carbons (Fsp3) is 0.714. The molecule has 1 aliphatic carbocycles. The van der Waals surface area contributed by atoms with Gasteiger partial charge in [-0.3, -0.25) is 0 Å². The lowest BCUT2D eigenvalue weighted by Crippen LogP contribution is -2.53. The van der Waals surface area contributed by atoms with Gasteiger partial charge in [-0.15, -0.1) is 11.3 Å². The number of rotatable bonds is 3. The fourth-order valence-electron chi connectivity index (χ4n) is 3.26. The third kappa shape index (κ3) is 2.67. The van der Waals surface area contributed by atoms with Crippen molar-refractivity contribution >= 4 is 27.3 Å². The van der Waals surface area contributed by atoms with Gasteiger partial charge in [0.15, 0.2) is 0 Å². The molecule has 1 aromatic heterocycles. The summed E-state index contributed by atoms with van der Waals surface area (Å²) in [5.41, 5.74) is 5.87. The third-order valence-electron chi connectivity index (χ3n) is 4.38. The maximum absolute atomic E-state index is 10.7. The molecule has 0 spiro atoms. The van der Waals surface area contributed by atoms with E-state index in [0.29, 0.717) is 6.54 Å². The van der Waals surface area contributed by atoms with Crippen LogP contribution in [0.3, 0.4) is 0 Å². The van der Waals surface area contributed by atoms with Crippen LogP contribution < -0.4 is 5.73 Å². The van der Waals surface area contributed by atoms with E-state index in [1.165, 1.54) is 4.88 Å². The molecule has 0 amide bonds. The molecular weight excluding hydrogens is 310 g/mol. The molecule has 0 aliphatic heterocycles. The van der Waals surface area contributed by atoms with Crippen molar-refractivity contribution in [3.8, 4) is 0 Å². The molecule has 0 bridgehead atoms. The highest BCUT2D eigenvalue weighted by atomic mass is 79.9. The lowest BCUT2D eigenvalue weighted by atomic mass is 9.59. The zero-order valence-corrected chi connectivity index (χ0v) is 13.5. The second-order valence-corrected chi connectivity index (χ2v) is 8.74. The first-order valence-electron chi connectivity index (χ1n) is 6.52. The van der Waals surface area contributed by atoms with Gasteiger partial charge in [0.05, 0.1) is 9.89 Å². The van der Waals surface area contributed by atoms with E-state index in [9.17, 15) is 5.11 Å². The summed E-state index contributed by atoms with van der Waals surface area (Å²) in [5, 5.41) is 10.7. The molecule has 18 heavy (non-hydrogen) atoms. The minimum atomic E-state index is -0.315. The van der Waals surface area contributed by atoms with Crippen molar-refractivity contribution in [3.63, 3.8) is 0 Å². The summed E-state index contributed by atoms with van der Waals surface area (Å²) in [6.45, 7) is 4.88. The summed E-state index contributed by atoms with van der Waals surface area (Å²) in [4.78, 5) is 1.31. The Kier molecular flexibility index (Phi) is 4.22. The van der Waals surface area contributed by atoms with Crippen LogP contribution in [0.1, 0.15) is 38.0 Å². The number of halogens is 1. The van der Waals surface area contributed by atoms with Crippen LogP contribution in [0.4, 0.5) is 0 Å². The maximum atomic E-state index is 10.7. The molecule has 3 N–H and O–H groups in total. The van der Waals surface area contributed by atoms with Crippen molar-refractivity contribution in [2.75, 3.05) is 6.54 Å². The second-order valence-electron chi connectivity index (χ2n) is 6.19. The highest BCUT2D eigenvalue weighted by molar-refractivity contribution is 9.11. The predicted molar refractivity (Wildman–Crippen MR) is 80.8 cm³/mol. The second kappa shape index (κ2) is 5.23. The van der Waals surface area contributed by atoms with Crippen molar-refractivity contribution in [1.29, 1.82) is 0 Å². The van der Waals surface area contributed by atoms with Crippen LogP contribution in [0.15, 0.2) is 15.9 Å². The smallest absolute Gasteiger partial charge is 0.0701 e. The van der Waals surface area contributed by atoms with Gasteiger partial charge in [0.25, 0.3) is 0 Å². The SMILES string of the molecule is CC1(C)CCCC(CN)(Cc2ccc(Br)s2)C1O. The zero-order valence-electron chi connectivity index (χ0n) is 11.1. The van der Waals surface area contributed by atoms with Crippen molar-refractivity contribution in [3.05, 3.63) is 20.8 Å². The lowest BCUT2D eigenvalue weighted by molar-refractivity contribution is -0.0881. The van der Waals surface area contributed by atoms with Gasteiger partial charge >= 0.3 is 0 Å². The van der Waals surface area contributed by atoms with Gasteiger partial charge in [0, 0.05) is 16.8 Å². The molecule has 2 nitrogen and oxygen atoms in total. The molecule has 2 atom stereocenters. The quantitative estimate of drug-likeness (QED) is 0.889.